The summed E-state index contributed by atoms with van der Waals surface area (Å²) in [6.07, 6.45) is 2.84. The molecule has 1 aliphatic carbocycles. The molecule has 82 valence electrons. The van der Waals surface area contributed by atoms with Gasteiger partial charge in [-0.1, -0.05) is 12.8 Å². The highest BCUT2D eigenvalue weighted by Gasteiger charge is 2.25. The molecule has 0 radical (unpaired) electrons. The van der Waals surface area contributed by atoms with Gasteiger partial charge in [0.05, 0.1) is 5.75 Å². The van der Waals surface area contributed by atoms with Gasteiger partial charge in [-0.15, -0.1) is 0 Å². The lowest BCUT2D eigenvalue weighted by molar-refractivity contribution is -0.138. The Balaban J connectivity index is 2.35. The molecule has 0 aromatic heterocycles. The van der Waals surface area contributed by atoms with Crippen LogP contribution in [0.25, 0.3) is 0 Å². The van der Waals surface area contributed by atoms with E-state index in [0.29, 0.717) is 12.3 Å². The monoisotopic (exact) mass is 221 g/mol. The van der Waals surface area contributed by atoms with Gasteiger partial charge in [-0.05, 0) is 19.3 Å². The molecular weight excluding hydrogens is 206 g/mol. The average Bonchev–Trinajstić information content (AvgIpc) is 2.82. The Hall–Kier alpha value is -0.620. The van der Waals surface area contributed by atoms with Gasteiger partial charge < -0.3 is 5.11 Å². The summed E-state index contributed by atoms with van der Waals surface area (Å²) in [4.78, 5) is 10.4. The van der Waals surface area contributed by atoms with Gasteiger partial charge in [0, 0.05) is 0 Å². The Morgan fingerprint density at radius 3 is 2.57 bits per heavy atom. The fourth-order valence-electron chi connectivity index (χ4n) is 1.11. The molecule has 1 rings (SSSR count). The highest BCUT2D eigenvalue weighted by molar-refractivity contribution is 7.89. The Bertz CT molecular complexity index is 307. The van der Waals surface area contributed by atoms with E-state index in [2.05, 4.69) is 4.72 Å². The van der Waals surface area contributed by atoms with Gasteiger partial charge in [0.1, 0.15) is 6.04 Å². The minimum atomic E-state index is -3.41. The van der Waals surface area contributed by atoms with Crippen molar-refractivity contribution in [3.8, 4) is 0 Å². The molecule has 14 heavy (non-hydrogen) atoms. The molecule has 5 nitrogen and oxygen atoms in total. The molecule has 0 aromatic rings. The van der Waals surface area contributed by atoms with Gasteiger partial charge in [0.2, 0.25) is 10.0 Å². The van der Waals surface area contributed by atoms with Crippen molar-refractivity contribution in [1.82, 2.24) is 4.72 Å². The third-order valence-electron chi connectivity index (χ3n) is 2.22. The number of carbonyl (C=O) groups is 1. The molecule has 1 fully saturated rings. The van der Waals surface area contributed by atoms with Crippen LogP contribution in [0.1, 0.15) is 26.2 Å². The van der Waals surface area contributed by atoms with E-state index in [0.717, 1.165) is 12.8 Å². The van der Waals surface area contributed by atoms with Crippen molar-refractivity contribution in [2.45, 2.75) is 32.2 Å². The molecular formula is C8H15NO4S. The van der Waals surface area contributed by atoms with Crippen molar-refractivity contribution in [3.63, 3.8) is 0 Å². The number of sulfonamides is 1. The SMILES string of the molecule is CC(NS(=O)(=O)CCC1CC1)C(=O)O. The summed E-state index contributed by atoms with van der Waals surface area (Å²) in [7, 11) is -3.41. The van der Waals surface area contributed by atoms with Gasteiger partial charge in [-0.2, -0.15) is 0 Å². The predicted octanol–water partition coefficient (Wildman–Crippen LogP) is 0.179. The molecule has 0 heterocycles. The zero-order valence-electron chi connectivity index (χ0n) is 8.06. The third-order valence-corrected chi connectivity index (χ3v) is 3.70. The van der Waals surface area contributed by atoms with Gasteiger partial charge in [-0.25, -0.2) is 13.1 Å². The maximum absolute atomic E-state index is 11.3. The van der Waals surface area contributed by atoms with Crippen molar-refractivity contribution in [1.29, 1.82) is 0 Å². The summed E-state index contributed by atoms with van der Waals surface area (Å²) in [5.74, 6) is -0.582. The fourth-order valence-corrected chi connectivity index (χ4v) is 2.51. The molecule has 0 aromatic carbocycles. The quantitative estimate of drug-likeness (QED) is 0.670. The first-order valence-corrected chi connectivity index (χ1v) is 6.29. The number of carboxylic acid groups (broad SMARTS) is 1. The number of hydrogen-bond donors (Lipinski definition) is 2. The van der Waals surface area contributed by atoms with Crippen molar-refractivity contribution < 1.29 is 18.3 Å². The van der Waals surface area contributed by atoms with Crippen LogP contribution in [0, 0.1) is 5.92 Å². The summed E-state index contributed by atoms with van der Waals surface area (Å²) in [6.45, 7) is 1.32. The molecule has 0 amide bonds. The van der Waals surface area contributed by atoms with E-state index < -0.39 is 22.0 Å². The normalized spacial score (nSPS) is 19.2. The van der Waals surface area contributed by atoms with Crippen molar-refractivity contribution in [3.05, 3.63) is 0 Å². The summed E-state index contributed by atoms with van der Waals surface area (Å²) in [5, 5.41) is 8.51. The highest BCUT2D eigenvalue weighted by Crippen LogP contribution is 2.32. The predicted molar refractivity (Wildman–Crippen MR) is 51.4 cm³/mol. The zero-order chi connectivity index (χ0) is 10.8. The number of rotatable bonds is 6. The molecule has 1 atom stereocenters. The topological polar surface area (TPSA) is 83.5 Å². The fraction of sp³-hybridized carbons (Fsp3) is 0.875. The van der Waals surface area contributed by atoms with Crippen molar-refractivity contribution >= 4 is 16.0 Å². The smallest absolute Gasteiger partial charge is 0.321 e. The van der Waals surface area contributed by atoms with E-state index >= 15 is 0 Å². The van der Waals surface area contributed by atoms with E-state index in [9.17, 15) is 13.2 Å². The largest absolute Gasteiger partial charge is 0.480 e. The van der Waals surface area contributed by atoms with Gasteiger partial charge in [-0.3, -0.25) is 4.79 Å². The Morgan fingerprint density at radius 2 is 2.14 bits per heavy atom. The van der Waals surface area contributed by atoms with Crippen molar-refractivity contribution in [2.24, 2.45) is 5.92 Å². The maximum atomic E-state index is 11.3. The van der Waals surface area contributed by atoms with Crippen LogP contribution in [0.15, 0.2) is 0 Å². The standard InChI is InChI=1S/C8H15NO4S/c1-6(8(10)11)9-14(12,13)5-4-7-2-3-7/h6-7,9H,2-5H2,1H3,(H,10,11). The second-order valence-corrected chi connectivity index (χ2v) is 5.60. The van der Waals surface area contributed by atoms with Crippen LogP contribution >= 0.6 is 0 Å². The van der Waals surface area contributed by atoms with Crippen LogP contribution in [0.3, 0.4) is 0 Å². The Labute approximate surface area is 83.6 Å². The summed E-state index contributed by atoms with van der Waals surface area (Å²) < 4.78 is 24.7. The van der Waals surface area contributed by atoms with E-state index in [1.165, 1.54) is 6.92 Å². The summed E-state index contributed by atoms with van der Waals surface area (Å²) in [6, 6.07) is -1.04. The molecule has 0 saturated heterocycles. The van der Waals surface area contributed by atoms with Crippen LogP contribution in [0.5, 0.6) is 0 Å². The third kappa shape index (κ3) is 4.06. The molecule has 1 unspecified atom stereocenters. The molecule has 6 heteroatoms. The Kier molecular flexibility index (Phi) is 3.49. The molecule has 2 N–H and O–H groups in total. The van der Waals surface area contributed by atoms with Gasteiger partial charge >= 0.3 is 5.97 Å². The van der Waals surface area contributed by atoms with E-state index in [1.54, 1.807) is 0 Å². The molecule has 0 spiro atoms. The van der Waals surface area contributed by atoms with Crippen LogP contribution < -0.4 is 4.72 Å². The maximum Gasteiger partial charge on any atom is 0.321 e. The number of aliphatic carboxylic acids is 1. The van der Waals surface area contributed by atoms with Gasteiger partial charge in [0.15, 0.2) is 0 Å². The van der Waals surface area contributed by atoms with Gasteiger partial charge in [0.25, 0.3) is 0 Å². The minimum Gasteiger partial charge on any atom is -0.480 e. The van der Waals surface area contributed by atoms with E-state index in [-0.39, 0.29) is 5.75 Å². The number of carboxylic acids is 1. The highest BCUT2D eigenvalue weighted by atomic mass is 32.2. The molecule has 1 saturated carbocycles. The summed E-state index contributed by atoms with van der Waals surface area (Å²) in [5.41, 5.74) is 0. The molecule has 0 aliphatic heterocycles. The second-order valence-electron chi connectivity index (χ2n) is 3.73. The van der Waals surface area contributed by atoms with Crippen LogP contribution in [-0.2, 0) is 14.8 Å². The first kappa shape index (κ1) is 11.5. The lowest BCUT2D eigenvalue weighted by atomic mass is 10.3. The number of nitrogens with one attached hydrogen (secondary N) is 1. The minimum absolute atomic E-state index is 0.0370. The second kappa shape index (κ2) is 4.27. The number of hydrogen-bond acceptors (Lipinski definition) is 3. The summed E-state index contributed by atoms with van der Waals surface area (Å²) >= 11 is 0. The average molecular weight is 221 g/mol. The lowest BCUT2D eigenvalue weighted by Crippen LogP contribution is -2.39. The molecule has 1 aliphatic rings. The van der Waals surface area contributed by atoms with Crippen LogP contribution in [-0.4, -0.2) is 31.3 Å². The van der Waals surface area contributed by atoms with Crippen LogP contribution in [0.2, 0.25) is 0 Å². The first-order valence-electron chi connectivity index (χ1n) is 4.63. The lowest BCUT2D eigenvalue weighted by Gasteiger charge is -2.09. The zero-order valence-corrected chi connectivity index (χ0v) is 8.88. The van der Waals surface area contributed by atoms with E-state index in [4.69, 9.17) is 5.11 Å². The Morgan fingerprint density at radius 1 is 1.57 bits per heavy atom. The molecule has 0 bridgehead atoms. The van der Waals surface area contributed by atoms with Crippen molar-refractivity contribution in [2.75, 3.05) is 5.75 Å². The first-order chi connectivity index (χ1) is 6.41. The van der Waals surface area contributed by atoms with Crippen LogP contribution in [0.4, 0.5) is 0 Å². The van der Waals surface area contributed by atoms with E-state index in [1.807, 2.05) is 0 Å².